The molecule has 0 aliphatic carbocycles. The van der Waals surface area contributed by atoms with Gasteiger partial charge in [0, 0.05) is 39.3 Å². The number of carbonyl (C=O) groups excluding carboxylic acids is 1. The minimum absolute atomic E-state index is 0.114. The van der Waals surface area contributed by atoms with Gasteiger partial charge in [-0.15, -0.1) is 13.2 Å². The van der Waals surface area contributed by atoms with E-state index in [-0.39, 0.29) is 11.4 Å². The van der Waals surface area contributed by atoms with Crippen molar-refractivity contribution in [1.82, 2.24) is 15.3 Å². The first-order chi connectivity index (χ1) is 15.6. The molecule has 0 fully saturated rings. The molecule has 6 nitrogen and oxygen atoms in total. The first-order valence-corrected chi connectivity index (χ1v) is 12.9. The Hall–Kier alpha value is -2.53. The number of carbonyl (C=O) groups is 1. The molecule has 0 atom stereocenters. The molecule has 0 radical (unpaired) electrons. The van der Waals surface area contributed by atoms with Crippen LogP contribution in [0.3, 0.4) is 0 Å². The van der Waals surface area contributed by atoms with E-state index in [4.69, 9.17) is 9.47 Å². The average Bonchev–Trinajstić information content (AvgIpc) is 2.75. The maximum Gasteiger partial charge on any atom is 0.270 e. The second-order valence-electron chi connectivity index (χ2n) is 7.68. The van der Waals surface area contributed by atoms with Gasteiger partial charge in [0.2, 0.25) is 9.23 Å². The van der Waals surface area contributed by atoms with Crippen molar-refractivity contribution in [3.63, 3.8) is 0 Å². The van der Waals surface area contributed by atoms with Gasteiger partial charge in [-0.3, -0.25) is 9.78 Å². The summed E-state index contributed by atoms with van der Waals surface area (Å²) in [6.07, 6.45) is 10.4. The van der Waals surface area contributed by atoms with Gasteiger partial charge in [0.15, 0.2) is 0 Å². The van der Waals surface area contributed by atoms with Crippen LogP contribution in [0.1, 0.15) is 60.9 Å². The smallest absolute Gasteiger partial charge is 0.270 e. The zero-order valence-electron chi connectivity index (χ0n) is 19.2. The van der Waals surface area contributed by atoms with Crippen molar-refractivity contribution in [2.24, 2.45) is 0 Å². The third-order valence-electron chi connectivity index (χ3n) is 3.83. The first kappa shape index (κ1) is 30.5. The fourth-order valence-electron chi connectivity index (χ4n) is 2.50. The molecular weight excluding hydrogens is 479 g/mol. The zero-order valence-corrected chi connectivity index (χ0v) is 21.5. The molecule has 2 aromatic rings. The van der Waals surface area contributed by atoms with E-state index in [2.05, 4.69) is 55.9 Å². The molecule has 178 valence electrons. The number of nitrogens with one attached hydrogen (secondary N) is 1. The summed E-state index contributed by atoms with van der Waals surface area (Å²) in [5, 5.41) is 11.6. The van der Waals surface area contributed by atoms with Gasteiger partial charge in [-0.05, 0) is 69.7 Å². The molecule has 2 aromatic heterocycles. The van der Waals surface area contributed by atoms with E-state index >= 15 is 0 Å². The van der Waals surface area contributed by atoms with Crippen LogP contribution in [0.2, 0.25) is 0 Å². The Morgan fingerprint density at radius 1 is 1.09 bits per heavy atom. The third-order valence-corrected chi connectivity index (χ3v) is 3.83. The van der Waals surface area contributed by atoms with Gasteiger partial charge in [0.05, 0.1) is 0 Å². The summed E-state index contributed by atoms with van der Waals surface area (Å²) >= 11 is 0. The van der Waals surface area contributed by atoms with Gasteiger partial charge < -0.3 is 5.32 Å². The first-order valence-electron chi connectivity index (χ1n) is 10.1. The minimum Gasteiger partial charge on any atom is -0.346 e. The van der Waals surface area contributed by atoms with Crippen LogP contribution in [0.25, 0.3) is 0 Å². The molecule has 0 saturated heterocycles. The maximum atomic E-state index is 12.0. The molecule has 0 spiro atoms. The van der Waals surface area contributed by atoms with Crippen LogP contribution < -0.4 is 5.32 Å². The average molecular weight is 510 g/mol. The Balaban J connectivity index is 0.000000556. The number of hydrogen-bond acceptors (Lipinski definition) is 5. The van der Waals surface area contributed by atoms with Crippen molar-refractivity contribution in [3.8, 4) is 6.07 Å². The van der Waals surface area contributed by atoms with Crippen LogP contribution in [-0.2, 0) is 22.1 Å². The van der Waals surface area contributed by atoms with Crippen molar-refractivity contribution in [3.05, 3.63) is 84.5 Å². The number of hydrogen-bond donors (Lipinski definition) is 1. The number of amides is 1. The summed E-state index contributed by atoms with van der Waals surface area (Å²) < 4.78 is 9.09. The molecule has 33 heavy (non-hydrogen) atoms. The molecule has 1 N–H and O–H groups in total. The van der Waals surface area contributed by atoms with Gasteiger partial charge in [-0.2, -0.15) is 5.26 Å². The van der Waals surface area contributed by atoms with E-state index in [1.165, 1.54) is 0 Å². The molecule has 1 amide bonds. The SMILES string of the molecule is C=CCCc1cccnc1C#N.C=CCCc1cccnc1C(=O)NC(C)(C)C.O=S(Cl)Cl. The normalized spacial score (nSPS) is 9.97. The van der Waals surface area contributed by atoms with Crippen LogP contribution >= 0.6 is 21.4 Å². The largest absolute Gasteiger partial charge is 0.346 e. The lowest BCUT2D eigenvalue weighted by Gasteiger charge is -2.20. The molecule has 0 aromatic carbocycles. The molecule has 9 heteroatoms. The second-order valence-corrected chi connectivity index (χ2v) is 10.2. The van der Waals surface area contributed by atoms with E-state index in [1.807, 2.05) is 57.2 Å². The number of nitriles is 1. The minimum atomic E-state index is -1.67. The van der Waals surface area contributed by atoms with Crippen molar-refractivity contribution in [2.45, 2.75) is 52.0 Å². The van der Waals surface area contributed by atoms with E-state index in [0.29, 0.717) is 11.4 Å². The summed E-state index contributed by atoms with van der Waals surface area (Å²) in [4.78, 5) is 20.2. The fraction of sp³-hybridized carbons (Fsp3) is 0.333. The monoisotopic (exact) mass is 508 g/mol. The molecule has 0 bridgehead atoms. The summed E-state index contributed by atoms with van der Waals surface area (Å²) in [5.74, 6) is -0.114. The van der Waals surface area contributed by atoms with Crippen molar-refractivity contribution in [2.75, 3.05) is 0 Å². The van der Waals surface area contributed by atoms with Crippen molar-refractivity contribution in [1.29, 1.82) is 5.26 Å². The highest BCUT2D eigenvalue weighted by Crippen LogP contribution is 2.10. The zero-order chi connectivity index (χ0) is 25.3. The molecule has 2 heterocycles. The number of aromatic nitrogens is 2. The van der Waals surface area contributed by atoms with Crippen molar-refractivity contribution >= 4 is 36.5 Å². The van der Waals surface area contributed by atoms with Crippen LogP contribution in [0.4, 0.5) is 0 Å². The number of allylic oxidation sites excluding steroid dienone is 2. The quantitative estimate of drug-likeness (QED) is 0.374. The Bertz CT molecular complexity index is 965. The van der Waals surface area contributed by atoms with Crippen LogP contribution in [0.5, 0.6) is 0 Å². The van der Waals surface area contributed by atoms with Crippen LogP contribution in [0, 0.1) is 11.3 Å². The van der Waals surface area contributed by atoms with Gasteiger partial charge in [-0.25, -0.2) is 9.19 Å². The summed E-state index contributed by atoms with van der Waals surface area (Å²) in [6, 6.07) is 9.62. The standard InChI is InChI=1S/C14H20N2O.C10H10N2.Cl2OS/c1-5-6-8-11-9-7-10-15-12(11)13(17)16-14(2,3)4;1-2-3-5-9-6-4-7-12-10(9)8-11;1-4(2)3/h5,7,9-10H,1,6,8H2,2-4H3,(H,16,17);2,4,6-7H,1,3,5H2;. The van der Waals surface area contributed by atoms with Gasteiger partial charge >= 0.3 is 0 Å². The number of nitrogens with zero attached hydrogens (tertiary/aromatic N) is 3. The number of rotatable bonds is 7. The highest BCUT2D eigenvalue weighted by molar-refractivity contribution is 8.26. The lowest BCUT2D eigenvalue weighted by atomic mass is 10.1. The predicted octanol–water partition coefficient (Wildman–Crippen LogP) is 5.84. The highest BCUT2D eigenvalue weighted by atomic mass is 36.0. The predicted molar refractivity (Wildman–Crippen MR) is 137 cm³/mol. The summed E-state index contributed by atoms with van der Waals surface area (Å²) in [6.45, 7) is 13.2. The van der Waals surface area contributed by atoms with Crippen LogP contribution in [0.15, 0.2) is 62.0 Å². The molecule has 0 aliphatic rings. The topological polar surface area (TPSA) is 95.7 Å². The number of aryl methyl sites for hydroxylation is 2. The van der Waals surface area contributed by atoms with E-state index in [0.717, 1.165) is 36.8 Å². The Kier molecular flexibility index (Phi) is 15.7. The maximum absolute atomic E-state index is 12.0. The fourth-order valence-corrected chi connectivity index (χ4v) is 2.50. The Labute approximate surface area is 208 Å². The molecule has 0 saturated carbocycles. The molecular formula is C24H30Cl2N4O2S. The van der Waals surface area contributed by atoms with E-state index in [1.54, 1.807) is 12.4 Å². The third kappa shape index (κ3) is 15.0. The lowest BCUT2D eigenvalue weighted by Crippen LogP contribution is -2.41. The van der Waals surface area contributed by atoms with Crippen molar-refractivity contribution < 1.29 is 9.00 Å². The second kappa shape index (κ2) is 17.0. The Morgan fingerprint density at radius 2 is 1.58 bits per heavy atom. The number of pyridine rings is 2. The van der Waals surface area contributed by atoms with E-state index < -0.39 is 9.23 Å². The van der Waals surface area contributed by atoms with Gasteiger partial charge in [-0.1, -0.05) is 24.3 Å². The Morgan fingerprint density at radius 3 is 2.06 bits per heavy atom. The van der Waals surface area contributed by atoms with Crippen LogP contribution in [-0.4, -0.2) is 25.6 Å². The highest BCUT2D eigenvalue weighted by Gasteiger charge is 2.18. The van der Waals surface area contributed by atoms with E-state index in [9.17, 15) is 4.79 Å². The lowest BCUT2D eigenvalue weighted by molar-refractivity contribution is 0.0913. The van der Waals surface area contributed by atoms with Gasteiger partial charge in [0.1, 0.15) is 17.5 Å². The summed E-state index contributed by atoms with van der Waals surface area (Å²) in [5.41, 5.74) is 2.77. The summed E-state index contributed by atoms with van der Waals surface area (Å²) in [7, 11) is 7.36. The molecule has 2 rings (SSSR count). The van der Waals surface area contributed by atoms with Gasteiger partial charge in [0.25, 0.3) is 5.91 Å². The number of halogens is 2. The molecule has 0 aliphatic heterocycles. The molecule has 0 unspecified atom stereocenters.